The second-order valence-corrected chi connectivity index (χ2v) is 10.2. The average Bonchev–Trinajstić information content (AvgIpc) is 3.40. The van der Waals surface area contributed by atoms with Gasteiger partial charge >= 0.3 is 0 Å². The number of aromatic nitrogens is 2. The van der Waals surface area contributed by atoms with Gasteiger partial charge in [0.1, 0.15) is 12.3 Å². The number of hydrogen-bond acceptors (Lipinski definition) is 5. The number of hydrogen-bond donors (Lipinski definition) is 1. The van der Waals surface area contributed by atoms with Gasteiger partial charge in [0.15, 0.2) is 29.9 Å². The van der Waals surface area contributed by atoms with Crippen molar-refractivity contribution < 1.29 is 27.6 Å². The van der Waals surface area contributed by atoms with Crippen LogP contribution in [0.25, 0.3) is 0 Å². The van der Waals surface area contributed by atoms with Gasteiger partial charge in [-0.2, -0.15) is 4.98 Å². The van der Waals surface area contributed by atoms with Gasteiger partial charge in [-0.15, -0.1) is 0 Å². The molecule has 1 N–H and O–H groups in total. The van der Waals surface area contributed by atoms with Crippen molar-refractivity contribution in [2.75, 3.05) is 19.6 Å². The molecule has 0 unspecified atom stereocenters. The van der Waals surface area contributed by atoms with Gasteiger partial charge in [0.2, 0.25) is 5.82 Å². The molecular formula is C29H28F2N3O3+. The quantitative estimate of drug-likeness (QED) is 0.366. The Bertz CT molecular complexity index is 1330. The van der Waals surface area contributed by atoms with Crippen molar-refractivity contribution in [3.63, 3.8) is 0 Å². The van der Waals surface area contributed by atoms with Crippen LogP contribution in [0, 0.1) is 17.6 Å². The Morgan fingerprint density at radius 1 is 0.919 bits per heavy atom. The Morgan fingerprint density at radius 2 is 1.57 bits per heavy atom. The summed E-state index contributed by atoms with van der Waals surface area (Å²) >= 11 is 0. The topological polar surface area (TPSA) is 68.4 Å². The molecule has 6 nitrogen and oxygen atoms in total. The Balaban J connectivity index is 1.25. The fourth-order valence-corrected chi connectivity index (χ4v) is 5.84. The van der Waals surface area contributed by atoms with E-state index in [2.05, 4.69) is 5.16 Å². The molecule has 37 heavy (non-hydrogen) atoms. The van der Waals surface area contributed by atoms with Crippen LogP contribution in [-0.4, -0.2) is 45.5 Å². The highest BCUT2D eigenvalue weighted by molar-refractivity contribution is 5.42. The molecule has 3 aromatic carbocycles. The molecular weight excluding hydrogens is 476 g/mol. The van der Waals surface area contributed by atoms with Crippen LogP contribution in [-0.2, 0) is 12.1 Å². The number of rotatable bonds is 7. The number of aliphatic hydroxyl groups is 1. The smallest absolute Gasteiger partial charge is 0.282 e. The predicted molar refractivity (Wildman–Crippen MR) is 131 cm³/mol. The van der Waals surface area contributed by atoms with E-state index in [1.807, 2.05) is 60.7 Å². The molecule has 0 radical (unpaired) electrons. The first-order valence-electron chi connectivity index (χ1n) is 12.6. The number of nitrogens with zero attached hydrogens (tertiary/aromatic N) is 3. The van der Waals surface area contributed by atoms with Crippen LogP contribution in [0.15, 0.2) is 83.4 Å². The maximum atomic E-state index is 13.7. The minimum atomic E-state index is -1.56. The lowest BCUT2D eigenvalue weighted by Crippen LogP contribution is -2.64. The minimum Gasteiger partial charge on any atom is -0.484 e. The fraction of sp³-hybridized carbons (Fsp3) is 0.310. The molecule has 3 saturated heterocycles. The van der Waals surface area contributed by atoms with Crippen molar-refractivity contribution in [3.8, 4) is 5.75 Å². The van der Waals surface area contributed by atoms with Gasteiger partial charge in [-0.3, -0.25) is 0 Å². The van der Waals surface area contributed by atoms with Gasteiger partial charge in [-0.25, -0.2) is 8.78 Å². The van der Waals surface area contributed by atoms with Crippen molar-refractivity contribution in [3.05, 3.63) is 113 Å². The summed E-state index contributed by atoms with van der Waals surface area (Å²) in [4.78, 5) is 4.69. The summed E-state index contributed by atoms with van der Waals surface area (Å²) in [5, 5.41) is 16.2. The van der Waals surface area contributed by atoms with Crippen LogP contribution in [0.2, 0.25) is 0 Å². The molecule has 0 saturated carbocycles. The molecule has 0 spiro atoms. The number of ether oxygens (including phenoxy) is 1. The van der Waals surface area contributed by atoms with E-state index in [1.165, 1.54) is 6.07 Å². The lowest BCUT2D eigenvalue weighted by Gasteiger charge is -2.51. The van der Waals surface area contributed by atoms with Crippen molar-refractivity contribution in [2.24, 2.45) is 5.92 Å². The summed E-state index contributed by atoms with van der Waals surface area (Å²) in [6.45, 7) is 3.11. The van der Waals surface area contributed by atoms with Crippen LogP contribution in [0.3, 0.4) is 0 Å². The molecule has 4 aromatic rings. The fourth-order valence-electron chi connectivity index (χ4n) is 5.84. The molecule has 3 aliphatic heterocycles. The standard InChI is InChI=1S/C29H28F2N3O3/c30-24-12-11-23(17-25(24)31)36-26-18-34(15-13-20(26)14-16-34)19-27-32-28(33-37-27)29(35,21-7-3-1-4-8-21)22-9-5-2-6-10-22/h1-12,17,20,26,35H,13-16,18-19H2/q+1/t20?,26-,34?/m0/s1. The van der Waals surface area contributed by atoms with E-state index >= 15 is 0 Å². The van der Waals surface area contributed by atoms with Crippen molar-refractivity contribution >= 4 is 0 Å². The summed E-state index contributed by atoms with van der Waals surface area (Å²) in [6.07, 6.45) is 1.82. The molecule has 2 bridgehead atoms. The molecule has 3 fully saturated rings. The SMILES string of the molecule is OC(c1ccccc1)(c1ccccc1)c1noc(C[N+]23CCC(CC2)[C@@H](Oc2ccc(F)c(F)c2)C3)n1. The highest BCUT2D eigenvalue weighted by Crippen LogP contribution is 2.39. The zero-order valence-corrected chi connectivity index (χ0v) is 20.3. The Hall–Kier alpha value is -3.62. The van der Waals surface area contributed by atoms with Gasteiger partial charge < -0.3 is 18.8 Å². The summed E-state index contributed by atoms with van der Waals surface area (Å²) in [5.74, 6) is -0.445. The average molecular weight is 505 g/mol. The lowest BCUT2D eigenvalue weighted by molar-refractivity contribution is -0.959. The molecule has 0 amide bonds. The Kier molecular flexibility index (Phi) is 6.01. The Labute approximate surface area is 213 Å². The monoisotopic (exact) mass is 504 g/mol. The molecule has 1 atom stereocenters. The molecule has 190 valence electrons. The van der Waals surface area contributed by atoms with E-state index < -0.39 is 17.2 Å². The van der Waals surface area contributed by atoms with Crippen LogP contribution >= 0.6 is 0 Å². The van der Waals surface area contributed by atoms with Gasteiger partial charge in [-0.05, 0) is 23.3 Å². The van der Waals surface area contributed by atoms with Crippen LogP contribution in [0.4, 0.5) is 8.78 Å². The van der Waals surface area contributed by atoms with Crippen LogP contribution in [0.5, 0.6) is 5.75 Å². The first-order valence-corrected chi connectivity index (χ1v) is 12.6. The summed E-state index contributed by atoms with van der Waals surface area (Å²) in [5.41, 5.74) is -0.254. The van der Waals surface area contributed by atoms with E-state index in [0.29, 0.717) is 46.3 Å². The second kappa shape index (κ2) is 9.36. The van der Waals surface area contributed by atoms with Crippen LogP contribution < -0.4 is 4.74 Å². The molecule has 8 heteroatoms. The molecule has 4 heterocycles. The summed E-state index contributed by atoms with van der Waals surface area (Å²) < 4.78 is 39.6. The second-order valence-electron chi connectivity index (χ2n) is 10.2. The normalized spacial score (nSPS) is 23.2. The highest BCUT2D eigenvalue weighted by Gasteiger charge is 2.48. The molecule has 1 aromatic heterocycles. The number of piperidine rings is 3. The number of benzene rings is 3. The first-order chi connectivity index (χ1) is 18.0. The maximum Gasteiger partial charge on any atom is 0.282 e. The first kappa shape index (κ1) is 23.8. The van der Waals surface area contributed by atoms with Gasteiger partial charge in [-0.1, -0.05) is 65.8 Å². The highest BCUT2D eigenvalue weighted by atomic mass is 19.2. The third-order valence-corrected chi connectivity index (χ3v) is 7.87. The maximum absolute atomic E-state index is 13.7. The Morgan fingerprint density at radius 3 is 2.19 bits per heavy atom. The van der Waals surface area contributed by atoms with Crippen molar-refractivity contribution in [1.29, 1.82) is 0 Å². The van der Waals surface area contributed by atoms with E-state index in [1.54, 1.807) is 0 Å². The predicted octanol–water partition coefficient (Wildman–Crippen LogP) is 4.82. The van der Waals surface area contributed by atoms with E-state index in [4.69, 9.17) is 14.2 Å². The van der Waals surface area contributed by atoms with Crippen molar-refractivity contribution in [1.82, 2.24) is 10.1 Å². The number of halogens is 2. The molecule has 0 aliphatic carbocycles. The largest absolute Gasteiger partial charge is 0.484 e. The van der Waals surface area contributed by atoms with E-state index in [9.17, 15) is 13.9 Å². The van der Waals surface area contributed by atoms with E-state index in [-0.39, 0.29) is 11.9 Å². The zero-order chi connectivity index (χ0) is 25.5. The van der Waals surface area contributed by atoms with Gasteiger partial charge in [0, 0.05) is 24.8 Å². The molecule has 3 aliphatic rings. The van der Waals surface area contributed by atoms with E-state index in [0.717, 1.165) is 38.1 Å². The summed E-state index contributed by atoms with van der Waals surface area (Å²) in [6, 6.07) is 22.3. The number of fused-ring (bicyclic) bond motifs is 3. The third kappa shape index (κ3) is 4.40. The van der Waals surface area contributed by atoms with Crippen molar-refractivity contribution in [2.45, 2.75) is 31.1 Å². The summed E-state index contributed by atoms with van der Waals surface area (Å²) in [7, 11) is 0. The minimum absolute atomic E-state index is 0.111. The molecule has 7 rings (SSSR count). The van der Waals surface area contributed by atoms with Gasteiger partial charge in [0.05, 0.1) is 13.1 Å². The number of quaternary nitrogens is 1. The third-order valence-electron chi connectivity index (χ3n) is 7.87. The lowest BCUT2D eigenvalue weighted by atomic mass is 9.83. The zero-order valence-electron chi connectivity index (χ0n) is 20.3. The van der Waals surface area contributed by atoms with Crippen LogP contribution in [0.1, 0.15) is 35.7 Å². The van der Waals surface area contributed by atoms with Gasteiger partial charge in [0.25, 0.3) is 5.89 Å².